The molecule has 7 nitrogen and oxygen atoms in total. The molecule has 0 aliphatic heterocycles. The second kappa shape index (κ2) is 5.79. The molecule has 0 bridgehead atoms. The number of rotatable bonds is 4. The number of nitrogens with zero attached hydrogens (tertiary/aromatic N) is 3. The molecule has 0 saturated heterocycles. The molecule has 8 heteroatoms. The molecule has 2 aromatic heterocycles. The van der Waals surface area contributed by atoms with Crippen molar-refractivity contribution in [2.75, 3.05) is 13.2 Å². The quantitative estimate of drug-likeness (QED) is 0.619. The summed E-state index contributed by atoms with van der Waals surface area (Å²) in [5, 5.41) is 3.84. The van der Waals surface area contributed by atoms with Crippen molar-refractivity contribution in [3.8, 4) is 0 Å². The molecule has 0 amide bonds. The second-order valence-electron chi connectivity index (χ2n) is 6.66. The number of aromatic nitrogens is 3. The Hall–Kier alpha value is -2.51. The zero-order valence-electron chi connectivity index (χ0n) is 14.6. The molecular formula is C17H20FN3O4. The molecule has 3 rings (SSSR count). The van der Waals surface area contributed by atoms with Crippen molar-refractivity contribution >= 4 is 17.6 Å². The fourth-order valence-corrected chi connectivity index (χ4v) is 3.67. The summed E-state index contributed by atoms with van der Waals surface area (Å²) in [6.45, 7) is 7.32. The lowest BCUT2D eigenvalue weighted by molar-refractivity contribution is -0.165. The molecule has 2 heterocycles. The Bertz CT molecular complexity index is 841. The van der Waals surface area contributed by atoms with Crippen molar-refractivity contribution < 1.29 is 23.5 Å². The highest BCUT2D eigenvalue weighted by Gasteiger charge is 2.61. The highest BCUT2D eigenvalue weighted by molar-refractivity contribution is 6.07. The van der Waals surface area contributed by atoms with Crippen LogP contribution in [0, 0.1) is 5.95 Å². The van der Waals surface area contributed by atoms with Crippen LogP contribution in [0.15, 0.2) is 12.3 Å². The van der Waals surface area contributed by atoms with Crippen LogP contribution in [0.1, 0.15) is 45.4 Å². The van der Waals surface area contributed by atoms with E-state index in [1.165, 1.54) is 16.8 Å². The van der Waals surface area contributed by atoms with Crippen LogP contribution in [0.3, 0.4) is 0 Å². The highest BCUT2D eigenvalue weighted by atomic mass is 19.1. The first-order valence-electron chi connectivity index (χ1n) is 8.17. The predicted octanol–water partition coefficient (Wildman–Crippen LogP) is 1.91. The van der Waals surface area contributed by atoms with Crippen LogP contribution in [0.5, 0.6) is 0 Å². The smallest absolute Gasteiger partial charge is 0.328 e. The van der Waals surface area contributed by atoms with Crippen molar-refractivity contribution in [3.63, 3.8) is 0 Å². The van der Waals surface area contributed by atoms with Crippen molar-refractivity contribution in [2.45, 2.75) is 44.9 Å². The largest absolute Gasteiger partial charge is 0.465 e. The summed E-state index contributed by atoms with van der Waals surface area (Å²) in [5.74, 6) is -2.05. The minimum atomic E-state index is -1.63. The van der Waals surface area contributed by atoms with Gasteiger partial charge in [0.15, 0.2) is 11.1 Å². The molecule has 0 radical (unpaired) electrons. The van der Waals surface area contributed by atoms with Crippen LogP contribution in [0.4, 0.5) is 4.39 Å². The van der Waals surface area contributed by atoms with Gasteiger partial charge in [-0.1, -0.05) is 13.8 Å². The van der Waals surface area contributed by atoms with Crippen molar-refractivity contribution in [1.82, 2.24) is 14.6 Å². The summed E-state index contributed by atoms with van der Waals surface area (Å²) >= 11 is 0. The van der Waals surface area contributed by atoms with Crippen molar-refractivity contribution in [3.05, 3.63) is 29.5 Å². The van der Waals surface area contributed by atoms with Gasteiger partial charge in [-0.05, 0) is 20.3 Å². The van der Waals surface area contributed by atoms with E-state index in [0.717, 1.165) is 0 Å². The van der Waals surface area contributed by atoms with Crippen LogP contribution in [-0.4, -0.2) is 39.8 Å². The highest BCUT2D eigenvalue weighted by Crippen LogP contribution is 2.50. The van der Waals surface area contributed by atoms with Gasteiger partial charge in [0.05, 0.1) is 18.9 Å². The Morgan fingerprint density at radius 1 is 1.24 bits per heavy atom. The van der Waals surface area contributed by atoms with Crippen LogP contribution in [0.2, 0.25) is 0 Å². The van der Waals surface area contributed by atoms with Gasteiger partial charge < -0.3 is 9.47 Å². The van der Waals surface area contributed by atoms with E-state index in [-0.39, 0.29) is 19.6 Å². The predicted molar refractivity (Wildman–Crippen MR) is 85.5 cm³/mol. The van der Waals surface area contributed by atoms with Crippen LogP contribution >= 0.6 is 0 Å². The van der Waals surface area contributed by atoms with Crippen LogP contribution in [0.25, 0.3) is 5.65 Å². The maximum absolute atomic E-state index is 13.6. The van der Waals surface area contributed by atoms with Gasteiger partial charge in [-0.2, -0.15) is 4.39 Å². The number of esters is 2. The van der Waals surface area contributed by atoms with Gasteiger partial charge in [-0.15, -0.1) is 5.10 Å². The summed E-state index contributed by atoms with van der Waals surface area (Å²) in [4.78, 5) is 29.8. The summed E-state index contributed by atoms with van der Waals surface area (Å²) in [6.07, 6.45) is 1.56. The Balaban J connectivity index is 2.32. The lowest BCUT2D eigenvalue weighted by Crippen LogP contribution is -2.45. The van der Waals surface area contributed by atoms with E-state index in [0.29, 0.717) is 16.9 Å². The van der Waals surface area contributed by atoms with Crippen molar-refractivity contribution in [1.29, 1.82) is 0 Å². The molecule has 0 atom stereocenters. The molecule has 0 fully saturated rings. The monoisotopic (exact) mass is 349 g/mol. The average Bonchev–Trinajstić information content (AvgIpc) is 3.02. The van der Waals surface area contributed by atoms with Gasteiger partial charge in [-0.3, -0.25) is 9.59 Å². The summed E-state index contributed by atoms with van der Waals surface area (Å²) in [7, 11) is 0. The van der Waals surface area contributed by atoms with E-state index < -0.39 is 28.7 Å². The fourth-order valence-electron chi connectivity index (χ4n) is 3.67. The molecule has 0 spiro atoms. The lowest BCUT2D eigenvalue weighted by atomic mass is 9.78. The molecule has 0 saturated carbocycles. The SMILES string of the molecule is CCOC(=O)C1(C(=O)OCC)CC(C)(C)c2c1cnc1cc(F)nn21. The minimum Gasteiger partial charge on any atom is -0.465 e. The molecule has 2 aromatic rings. The molecule has 25 heavy (non-hydrogen) atoms. The van der Waals surface area contributed by atoms with Gasteiger partial charge in [0.25, 0.3) is 0 Å². The number of ether oxygens (including phenoxy) is 2. The third-order valence-electron chi connectivity index (χ3n) is 4.51. The maximum atomic E-state index is 13.6. The fraction of sp³-hybridized carbons (Fsp3) is 0.529. The van der Waals surface area contributed by atoms with Gasteiger partial charge >= 0.3 is 11.9 Å². The Labute approximate surface area is 144 Å². The number of hydrogen-bond acceptors (Lipinski definition) is 6. The molecule has 1 aliphatic carbocycles. The van der Waals surface area contributed by atoms with Gasteiger partial charge in [0.2, 0.25) is 5.95 Å². The number of hydrogen-bond donors (Lipinski definition) is 0. The van der Waals surface area contributed by atoms with E-state index in [4.69, 9.17) is 9.47 Å². The molecule has 134 valence electrons. The molecular weight excluding hydrogens is 329 g/mol. The number of fused-ring (bicyclic) bond motifs is 3. The van der Waals surface area contributed by atoms with E-state index in [1.54, 1.807) is 13.8 Å². The Morgan fingerprint density at radius 2 is 1.84 bits per heavy atom. The summed E-state index contributed by atoms with van der Waals surface area (Å²) in [6, 6.07) is 1.20. The van der Waals surface area contributed by atoms with Gasteiger partial charge in [-0.25, -0.2) is 9.50 Å². The van der Waals surface area contributed by atoms with E-state index in [2.05, 4.69) is 10.1 Å². The molecule has 1 aliphatic rings. The third kappa shape index (κ3) is 2.39. The minimum absolute atomic E-state index is 0.127. The molecule has 0 N–H and O–H groups in total. The summed E-state index contributed by atoms with van der Waals surface area (Å²) < 4.78 is 25.4. The average molecular weight is 349 g/mol. The maximum Gasteiger partial charge on any atom is 0.328 e. The van der Waals surface area contributed by atoms with E-state index in [9.17, 15) is 14.0 Å². The van der Waals surface area contributed by atoms with Crippen LogP contribution in [-0.2, 0) is 29.9 Å². The summed E-state index contributed by atoms with van der Waals surface area (Å²) in [5.41, 5.74) is -1.05. The number of halogens is 1. The van der Waals surface area contributed by atoms with Crippen LogP contribution < -0.4 is 0 Å². The van der Waals surface area contributed by atoms with Crippen molar-refractivity contribution in [2.24, 2.45) is 0 Å². The number of carbonyl (C=O) groups excluding carboxylic acids is 2. The first kappa shape index (κ1) is 17.3. The first-order valence-corrected chi connectivity index (χ1v) is 8.17. The lowest BCUT2D eigenvalue weighted by Gasteiger charge is -2.26. The third-order valence-corrected chi connectivity index (χ3v) is 4.51. The number of carbonyl (C=O) groups is 2. The zero-order valence-corrected chi connectivity index (χ0v) is 14.6. The zero-order chi connectivity index (χ0) is 18.4. The second-order valence-corrected chi connectivity index (χ2v) is 6.66. The van der Waals surface area contributed by atoms with E-state index in [1.807, 2.05) is 13.8 Å². The standard InChI is InChI=1S/C17H20FN3O4/c1-5-24-14(22)17(15(23)25-6-2)9-16(3,4)13-10(17)8-19-12-7-11(18)20-21(12)13/h7-8H,5-6,9H2,1-4H3. The Morgan fingerprint density at radius 3 is 2.40 bits per heavy atom. The topological polar surface area (TPSA) is 82.8 Å². The normalized spacial score (nSPS) is 17.3. The van der Waals surface area contributed by atoms with Gasteiger partial charge in [0.1, 0.15) is 0 Å². The molecule has 0 unspecified atom stereocenters. The van der Waals surface area contributed by atoms with Gasteiger partial charge in [0, 0.05) is 23.2 Å². The molecule has 0 aromatic carbocycles. The van der Waals surface area contributed by atoms with E-state index >= 15 is 0 Å². The Kier molecular flexibility index (Phi) is 4.01. The first-order chi connectivity index (χ1) is 11.8.